The van der Waals surface area contributed by atoms with E-state index in [1.165, 1.54) is 0 Å². The topological polar surface area (TPSA) is 133 Å². The third-order valence-electron chi connectivity index (χ3n) is 3.68. The van der Waals surface area contributed by atoms with Gasteiger partial charge in [-0.3, -0.25) is 4.79 Å². The van der Waals surface area contributed by atoms with Crippen molar-refractivity contribution in [2.75, 3.05) is 26.4 Å². The van der Waals surface area contributed by atoms with E-state index in [-0.39, 0.29) is 24.5 Å². The highest BCUT2D eigenvalue weighted by Gasteiger charge is 2.31. The summed E-state index contributed by atoms with van der Waals surface area (Å²) in [7, 11) is 0. The van der Waals surface area contributed by atoms with E-state index in [0.717, 1.165) is 24.2 Å². The minimum absolute atomic E-state index is 0.0741. The molecule has 1 fully saturated rings. The van der Waals surface area contributed by atoms with E-state index < -0.39 is 5.97 Å². The first kappa shape index (κ1) is 19.1. The zero-order valence-corrected chi connectivity index (χ0v) is 15.2. The van der Waals surface area contributed by atoms with Gasteiger partial charge < -0.3 is 25.8 Å². The summed E-state index contributed by atoms with van der Waals surface area (Å²) >= 11 is 1.16. The Morgan fingerprint density at radius 2 is 2.20 bits per heavy atom. The fourth-order valence-electron chi connectivity index (χ4n) is 2.63. The lowest BCUT2D eigenvalue weighted by atomic mass is 10.2. The highest BCUT2D eigenvalue weighted by molar-refractivity contribution is 7.17. The van der Waals surface area contributed by atoms with Crippen LogP contribution < -0.4 is 11.5 Å². The van der Waals surface area contributed by atoms with E-state index >= 15 is 0 Å². The summed E-state index contributed by atoms with van der Waals surface area (Å²) < 4.78 is 10.2. The molecule has 0 saturated carbocycles. The predicted octanol–water partition coefficient (Wildman–Crippen LogP) is 0.541. The SMILES string of the molecule is CCOC(=O)COCC1CCCN1C(=O)c1sc(N=C(N)N)nc1C. The summed E-state index contributed by atoms with van der Waals surface area (Å²) in [5, 5.41) is 0.357. The first-order chi connectivity index (χ1) is 11.9. The van der Waals surface area contributed by atoms with Crippen LogP contribution in [-0.4, -0.2) is 60.1 Å². The number of esters is 1. The average molecular weight is 369 g/mol. The Morgan fingerprint density at radius 1 is 1.44 bits per heavy atom. The Hall–Kier alpha value is -2.20. The van der Waals surface area contributed by atoms with Crippen molar-refractivity contribution >= 4 is 34.3 Å². The van der Waals surface area contributed by atoms with Crippen LogP contribution in [0.25, 0.3) is 0 Å². The number of carbonyl (C=O) groups is 2. The van der Waals surface area contributed by atoms with E-state index in [1.54, 1.807) is 18.7 Å². The summed E-state index contributed by atoms with van der Waals surface area (Å²) in [6, 6.07) is -0.0741. The van der Waals surface area contributed by atoms with Gasteiger partial charge in [-0.2, -0.15) is 4.99 Å². The Kier molecular flexibility index (Phi) is 6.71. The van der Waals surface area contributed by atoms with Gasteiger partial charge in [-0.1, -0.05) is 11.3 Å². The van der Waals surface area contributed by atoms with Gasteiger partial charge in [0.05, 0.1) is 24.9 Å². The second-order valence-corrected chi connectivity index (χ2v) is 6.54. The number of nitrogens with zero attached hydrogens (tertiary/aromatic N) is 3. The number of aryl methyl sites for hydroxylation is 1. The number of aromatic nitrogens is 1. The number of likely N-dealkylation sites (tertiary alicyclic amines) is 1. The summed E-state index contributed by atoms with van der Waals surface area (Å²) in [5.74, 6) is -0.619. The van der Waals surface area contributed by atoms with Gasteiger partial charge in [0.15, 0.2) is 5.96 Å². The van der Waals surface area contributed by atoms with Crippen LogP contribution in [0.15, 0.2) is 4.99 Å². The first-order valence-corrected chi connectivity index (χ1v) is 8.85. The van der Waals surface area contributed by atoms with Crippen molar-refractivity contribution in [1.82, 2.24) is 9.88 Å². The maximum atomic E-state index is 12.8. The maximum absolute atomic E-state index is 12.8. The van der Waals surface area contributed by atoms with Crippen molar-refractivity contribution in [3.8, 4) is 0 Å². The van der Waals surface area contributed by atoms with Gasteiger partial charge >= 0.3 is 5.97 Å². The molecule has 1 atom stereocenters. The number of aliphatic imine (C=N–C) groups is 1. The lowest BCUT2D eigenvalue weighted by Crippen LogP contribution is -2.38. The summed E-state index contributed by atoms with van der Waals surface area (Å²) in [6.45, 7) is 4.63. The van der Waals surface area contributed by atoms with E-state index in [9.17, 15) is 9.59 Å². The van der Waals surface area contributed by atoms with Gasteiger partial charge in [0.2, 0.25) is 5.13 Å². The van der Waals surface area contributed by atoms with Crippen LogP contribution in [0.5, 0.6) is 0 Å². The van der Waals surface area contributed by atoms with Crippen molar-refractivity contribution in [1.29, 1.82) is 0 Å². The van der Waals surface area contributed by atoms with Gasteiger partial charge in [-0.15, -0.1) is 0 Å². The van der Waals surface area contributed by atoms with Gasteiger partial charge in [0.25, 0.3) is 5.91 Å². The summed E-state index contributed by atoms with van der Waals surface area (Å²) in [5.41, 5.74) is 11.3. The fourth-order valence-corrected chi connectivity index (χ4v) is 3.54. The molecular weight excluding hydrogens is 346 g/mol. The second kappa shape index (κ2) is 8.77. The highest BCUT2D eigenvalue weighted by Crippen LogP contribution is 2.29. The summed E-state index contributed by atoms with van der Waals surface area (Å²) in [4.78, 5) is 34.5. The molecule has 0 spiro atoms. The van der Waals surface area contributed by atoms with Crippen LogP contribution in [0, 0.1) is 6.92 Å². The minimum atomic E-state index is -0.404. The molecule has 138 valence electrons. The second-order valence-electron chi connectivity index (χ2n) is 5.56. The zero-order chi connectivity index (χ0) is 18.4. The quantitative estimate of drug-likeness (QED) is 0.407. The third-order valence-corrected chi connectivity index (χ3v) is 4.72. The van der Waals surface area contributed by atoms with Crippen molar-refractivity contribution in [2.45, 2.75) is 32.7 Å². The Morgan fingerprint density at radius 3 is 2.88 bits per heavy atom. The molecule has 0 aromatic carbocycles. The minimum Gasteiger partial charge on any atom is -0.464 e. The van der Waals surface area contributed by atoms with Gasteiger partial charge in [-0.05, 0) is 26.7 Å². The molecule has 1 aliphatic rings. The predicted molar refractivity (Wildman–Crippen MR) is 93.8 cm³/mol. The molecule has 1 aliphatic heterocycles. The van der Waals surface area contributed by atoms with Crippen LogP contribution in [0.3, 0.4) is 0 Å². The van der Waals surface area contributed by atoms with Crippen LogP contribution in [0.4, 0.5) is 5.13 Å². The number of amides is 1. The van der Waals surface area contributed by atoms with E-state index in [2.05, 4.69) is 9.98 Å². The molecule has 2 heterocycles. The van der Waals surface area contributed by atoms with E-state index in [0.29, 0.717) is 35.5 Å². The number of nitrogens with two attached hydrogens (primary N) is 2. The average Bonchev–Trinajstić information content (AvgIpc) is 3.13. The van der Waals surface area contributed by atoms with Crippen molar-refractivity contribution < 1.29 is 19.1 Å². The number of thiazole rings is 1. The monoisotopic (exact) mass is 369 g/mol. The number of hydrogen-bond donors (Lipinski definition) is 2. The molecule has 1 amide bonds. The van der Waals surface area contributed by atoms with Crippen LogP contribution >= 0.6 is 11.3 Å². The molecule has 4 N–H and O–H groups in total. The molecule has 1 aromatic heterocycles. The van der Waals surface area contributed by atoms with Crippen molar-refractivity contribution in [3.05, 3.63) is 10.6 Å². The van der Waals surface area contributed by atoms with Crippen LogP contribution in [-0.2, 0) is 14.3 Å². The van der Waals surface area contributed by atoms with Gasteiger partial charge in [-0.25, -0.2) is 9.78 Å². The largest absolute Gasteiger partial charge is 0.464 e. The van der Waals surface area contributed by atoms with E-state index in [1.807, 2.05) is 0 Å². The Balaban J connectivity index is 1.99. The number of rotatable bonds is 7. The third kappa shape index (κ3) is 5.13. The smallest absolute Gasteiger partial charge is 0.332 e. The van der Waals surface area contributed by atoms with Crippen LogP contribution in [0.1, 0.15) is 35.1 Å². The standard InChI is InChI=1S/C15H23N5O4S/c1-3-24-11(21)8-23-7-10-5-4-6-20(10)13(22)12-9(2)18-15(25-12)19-14(16)17/h10H,3-8H2,1-2H3,(H4,16,17,18,19). The molecule has 0 aliphatic carbocycles. The molecule has 25 heavy (non-hydrogen) atoms. The normalized spacial score (nSPS) is 16.7. The molecule has 1 saturated heterocycles. The van der Waals surface area contributed by atoms with E-state index in [4.69, 9.17) is 20.9 Å². The molecule has 1 aromatic rings. The van der Waals surface area contributed by atoms with Gasteiger partial charge in [0, 0.05) is 6.54 Å². The fraction of sp³-hybridized carbons (Fsp3) is 0.600. The number of hydrogen-bond acceptors (Lipinski definition) is 7. The molecule has 1 unspecified atom stereocenters. The maximum Gasteiger partial charge on any atom is 0.332 e. The molecule has 0 bridgehead atoms. The van der Waals surface area contributed by atoms with Gasteiger partial charge in [0.1, 0.15) is 11.5 Å². The molecule has 9 nitrogen and oxygen atoms in total. The zero-order valence-electron chi connectivity index (χ0n) is 14.4. The Labute approximate surface area is 150 Å². The number of ether oxygens (including phenoxy) is 2. The summed E-state index contributed by atoms with van der Waals surface area (Å²) in [6.07, 6.45) is 1.71. The van der Waals surface area contributed by atoms with Crippen molar-refractivity contribution in [3.63, 3.8) is 0 Å². The van der Waals surface area contributed by atoms with Crippen LogP contribution in [0.2, 0.25) is 0 Å². The first-order valence-electron chi connectivity index (χ1n) is 8.03. The molecule has 2 rings (SSSR count). The number of guanidine groups is 1. The lowest BCUT2D eigenvalue weighted by molar-refractivity contribution is -0.148. The Bertz CT molecular complexity index is 656. The lowest BCUT2D eigenvalue weighted by Gasteiger charge is -2.24. The highest BCUT2D eigenvalue weighted by atomic mass is 32.1. The molecule has 10 heteroatoms. The number of carbonyl (C=O) groups excluding carboxylic acids is 2. The molecular formula is C15H23N5O4S. The molecule has 0 radical (unpaired) electrons. The van der Waals surface area contributed by atoms with Crippen molar-refractivity contribution in [2.24, 2.45) is 16.5 Å².